The van der Waals surface area contributed by atoms with Crippen molar-refractivity contribution in [2.75, 3.05) is 60.6 Å². The van der Waals surface area contributed by atoms with E-state index in [9.17, 15) is 9.90 Å². The summed E-state index contributed by atoms with van der Waals surface area (Å²) in [5.41, 5.74) is 0. The second-order valence-electron chi connectivity index (χ2n) is 11.0. The van der Waals surface area contributed by atoms with Crippen LogP contribution in [0.3, 0.4) is 0 Å². The zero-order valence-corrected chi connectivity index (χ0v) is 24.8. The van der Waals surface area contributed by atoms with Gasteiger partial charge in [0.05, 0.1) is 19.3 Å². The average molecular weight is 515 g/mol. The van der Waals surface area contributed by atoms with Gasteiger partial charge in [0.1, 0.15) is 0 Å². The van der Waals surface area contributed by atoms with Gasteiger partial charge < -0.3 is 19.5 Å². The Kier molecular flexibility index (Phi) is 25.4. The molecule has 0 fully saturated rings. The van der Waals surface area contributed by atoms with Gasteiger partial charge in [0.15, 0.2) is 0 Å². The van der Waals surface area contributed by atoms with Crippen molar-refractivity contribution in [3.05, 3.63) is 0 Å². The Morgan fingerprint density at radius 1 is 0.750 bits per heavy atom. The molecule has 6 heteroatoms. The summed E-state index contributed by atoms with van der Waals surface area (Å²) in [6, 6.07) is 0. The van der Waals surface area contributed by atoms with E-state index in [0.717, 1.165) is 38.9 Å². The Hall–Kier alpha value is -0.690. The second-order valence-corrected chi connectivity index (χ2v) is 11.0. The van der Waals surface area contributed by atoms with E-state index in [0.29, 0.717) is 32.1 Å². The quantitative estimate of drug-likeness (QED) is 0.103. The number of carbonyl (C=O) groups excluding carboxylic acids is 1. The van der Waals surface area contributed by atoms with Gasteiger partial charge >= 0.3 is 5.97 Å². The van der Waals surface area contributed by atoms with Gasteiger partial charge in [0.25, 0.3) is 0 Å². The van der Waals surface area contributed by atoms with Crippen LogP contribution in [0.15, 0.2) is 0 Å². The van der Waals surface area contributed by atoms with Crippen molar-refractivity contribution in [2.45, 2.75) is 123 Å². The highest BCUT2D eigenvalue weighted by molar-refractivity contribution is 5.69. The van der Waals surface area contributed by atoms with E-state index >= 15 is 0 Å². The zero-order chi connectivity index (χ0) is 26.9. The second kappa shape index (κ2) is 25.9. The van der Waals surface area contributed by atoms with Crippen LogP contribution < -0.4 is 0 Å². The maximum atomic E-state index is 12.4. The highest BCUT2D eigenvalue weighted by atomic mass is 16.5. The molecule has 0 heterocycles. The Bertz CT molecular complexity index is 476. The molecule has 36 heavy (non-hydrogen) atoms. The first-order valence-electron chi connectivity index (χ1n) is 15.1. The number of rotatable bonds is 27. The molecular weight excluding hydrogens is 452 g/mol. The number of methoxy groups -OCH3 is 1. The first-order valence-corrected chi connectivity index (χ1v) is 15.1. The Labute approximate surface area is 224 Å². The maximum absolute atomic E-state index is 12.4. The van der Waals surface area contributed by atoms with Crippen LogP contribution in [0.5, 0.6) is 0 Å². The molecule has 0 aliphatic carbocycles. The van der Waals surface area contributed by atoms with Crippen LogP contribution in [-0.2, 0) is 14.3 Å². The van der Waals surface area contributed by atoms with Gasteiger partial charge in [-0.25, -0.2) is 0 Å². The van der Waals surface area contributed by atoms with E-state index < -0.39 is 6.10 Å². The van der Waals surface area contributed by atoms with Crippen LogP contribution in [0.1, 0.15) is 117 Å². The monoisotopic (exact) mass is 514 g/mol. The van der Waals surface area contributed by atoms with Gasteiger partial charge in [-0.1, -0.05) is 84.5 Å². The van der Waals surface area contributed by atoms with Gasteiger partial charge in [-0.2, -0.15) is 0 Å². The van der Waals surface area contributed by atoms with Crippen molar-refractivity contribution in [2.24, 2.45) is 5.92 Å². The Balaban J connectivity index is 4.21. The first kappa shape index (κ1) is 35.3. The third kappa shape index (κ3) is 23.7. The van der Waals surface area contributed by atoms with Crippen LogP contribution >= 0.6 is 0 Å². The molecule has 216 valence electrons. The number of nitrogens with zero attached hydrogens (tertiary/aromatic N) is 2. The molecule has 2 atom stereocenters. The number of hydrogen-bond acceptors (Lipinski definition) is 6. The zero-order valence-electron chi connectivity index (χ0n) is 24.8. The molecule has 0 aliphatic rings. The summed E-state index contributed by atoms with van der Waals surface area (Å²) in [6.07, 6.45) is 18.4. The largest absolute Gasteiger partial charge is 0.465 e. The average Bonchev–Trinajstić information content (AvgIpc) is 2.84. The summed E-state index contributed by atoms with van der Waals surface area (Å²) in [7, 11) is 5.76. The molecule has 1 N–H and O–H groups in total. The van der Waals surface area contributed by atoms with Gasteiger partial charge in [-0.05, 0) is 52.2 Å². The maximum Gasteiger partial charge on any atom is 0.305 e. The van der Waals surface area contributed by atoms with E-state index in [1.54, 1.807) is 7.11 Å². The lowest BCUT2D eigenvalue weighted by Gasteiger charge is -2.26. The highest BCUT2D eigenvalue weighted by Crippen LogP contribution is 2.20. The molecular formula is C30H62N2O4. The molecule has 0 aliphatic heterocycles. The minimum atomic E-state index is -0.460. The lowest BCUT2D eigenvalue weighted by molar-refractivity contribution is -0.145. The van der Waals surface area contributed by atoms with E-state index in [4.69, 9.17) is 9.47 Å². The van der Waals surface area contributed by atoms with Crippen LogP contribution in [-0.4, -0.2) is 87.6 Å². The summed E-state index contributed by atoms with van der Waals surface area (Å²) in [5, 5.41) is 10.1. The lowest BCUT2D eigenvalue weighted by Crippen LogP contribution is -2.39. The number of esters is 1. The van der Waals surface area contributed by atoms with Gasteiger partial charge in [0, 0.05) is 33.2 Å². The number of carbonyl (C=O) groups is 1. The highest BCUT2D eigenvalue weighted by Gasteiger charge is 2.14. The van der Waals surface area contributed by atoms with Gasteiger partial charge in [0.2, 0.25) is 0 Å². The fourth-order valence-corrected chi connectivity index (χ4v) is 4.63. The normalized spacial score (nSPS) is 13.4. The van der Waals surface area contributed by atoms with Crippen molar-refractivity contribution in [3.8, 4) is 0 Å². The van der Waals surface area contributed by atoms with Crippen LogP contribution in [0, 0.1) is 5.92 Å². The lowest BCUT2D eigenvalue weighted by atomic mass is 9.95. The topological polar surface area (TPSA) is 62.2 Å². The molecule has 0 radical (unpaired) electrons. The van der Waals surface area contributed by atoms with E-state index in [1.165, 1.54) is 77.0 Å². The minimum absolute atomic E-state index is 0.0310. The van der Waals surface area contributed by atoms with Crippen LogP contribution in [0.4, 0.5) is 0 Å². The third-order valence-corrected chi connectivity index (χ3v) is 6.96. The summed E-state index contributed by atoms with van der Waals surface area (Å²) < 4.78 is 10.8. The molecule has 0 amide bonds. The summed E-state index contributed by atoms with van der Waals surface area (Å²) in [6.45, 7) is 8.93. The number of hydrogen-bond donors (Lipinski definition) is 1. The predicted molar refractivity (Wildman–Crippen MR) is 153 cm³/mol. The fraction of sp³-hybridized carbons (Fsp3) is 0.967. The van der Waals surface area contributed by atoms with Crippen molar-refractivity contribution in [1.29, 1.82) is 0 Å². The van der Waals surface area contributed by atoms with Crippen molar-refractivity contribution < 1.29 is 19.4 Å². The molecule has 0 bridgehead atoms. The Morgan fingerprint density at radius 3 is 1.94 bits per heavy atom. The van der Waals surface area contributed by atoms with Crippen molar-refractivity contribution >= 4 is 5.97 Å². The smallest absolute Gasteiger partial charge is 0.305 e. The van der Waals surface area contributed by atoms with E-state index in [2.05, 4.69) is 37.7 Å². The molecule has 0 rings (SSSR count). The number of unbranched alkanes of at least 4 members (excludes halogenated alkanes) is 10. The summed E-state index contributed by atoms with van der Waals surface area (Å²) in [5.74, 6) is 0.497. The van der Waals surface area contributed by atoms with Crippen LogP contribution in [0.2, 0.25) is 0 Å². The predicted octanol–water partition coefficient (Wildman–Crippen LogP) is 6.30. The summed E-state index contributed by atoms with van der Waals surface area (Å²) >= 11 is 0. The van der Waals surface area contributed by atoms with Crippen molar-refractivity contribution in [1.82, 2.24) is 9.80 Å². The SMILES string of the molecule is CCCCCCCCC(CCCCCC)COC(=O)CCCCCN(CCN(C)C)CC(O)COC. The molecule has 0 aromatic heterocycles. The summed E-state index contributed by atoms with van der Waals surface area (Å²) in [4.78, 5) is 16.8. The Morgan fingerprint density at radius 2 is 1.33 bits per heavy atom. The standard InChI is InChI=1S/C30H62N2O4/c1-6-8-10-12-13-16-20-28(19-15-11-9-7-2)26-36-30(34)21-17-14-18-22-32(24-23-31(3)4)25-29(33)27-35-5/h28-29,33H,6-27H2,1-5H3. The molecule has 0 aromatic carbocycles. The van der Waals surface area contributed by atoms with Gasteiger partial charge in [-0.3, -0.25) is 9.69 Å². The first-order chi connectivity index (χ1) is 17.4. The van der Waals surface area contributed by atoms with Crippen molar-refractivity contribution in [3.63, 3.8) is 0 Å². The molecule has 6 nitrogen and oxygen atoms in total. The van der Waals surface area contributed by atoms with E-state index in [1.807, 2.05) is 0 Å². The minimum Gasteiger partial charge on any atom is -0.465 e. The molecule has 0 saturated heterocycles. The number of likely N-dealkylation sites (N-methyl/N-ethyl adjacent to an activating group) is 1. The molecule has 2 unspecified atom stereocenters. The number of ether oxygens (including phenoxy) is 2. The van der Waals surface area contributed by atoms with E-state index in [-0.39, 0.29) is 5.97 Å². The third-order valence-electron chi connectivity index (χ3n) is 6.96. The number of aliphatic hydroxyl groups is 1. The fourth-order valence-electron chi connectivity index (χ4n) is 4.63. The van der Waals surface area contributed by atoms with Gasteiger partial charge in [-0.15, -0.1) is 0 Å². The van der Waals surface area contributed by atoms with Crippen LogP contribution in [0.25, 0.3) is 0 Å². The number of aliphatic hydroxyl groups excluding tert-OH is 1. The molecule has 0 saturated carbocycles. The molecule has 0 spiro atoms. The molecule has 0 aromatic rings.